The van der Waals surface area contributed by atoms with Crippen molar-refractivity contribution in [3.05, 3.63) is 110 Å². The summed E-state index contributed by atoms with van der Waals surface area (Å²) in [5.41, 5.74) is 3.74. The number of pyridine rings is 1. The van der Waals surface area contributed by atoms with E-state index >= 15 is 0 Å². The van der Waals surface area contributed by atoms with Crippen LogP contribution in [0.15, 0.2) is 83.0 Å². The highest BCUT2D eigenvalue weighted by molar-refractivity contribution is 6.31. The average Bonchev–Trinajstić information content (AvgIpc) is 3.28. The molecule has 0 aliphatic heterocycles. The molecule has 0 spiro atoms. The SMILES string of the molecule is COCc1nn(CC2=CCC(=Cn3ccccc3=O)C=C2)cc1C(=O)NCc1cc(OC)ccc1Cl. The van der Waals surface area contributed by atoms with E-state index in [9.17, 15) is 9.59 Å². The van der Waals surface area contributed by atoms with E-state index in [2.05, 4.69) is 16.5 Å². The number of allylic oxidation sites excluding steroid dienone is 5. The summed E-state index contributed by atoms with van der Waals surface area (Å²) in [6, 6.07) is 10.4. The fraction of sp³-hybridized carbons (Fsp3) is 0.222. The van der Waals surface area contributed by atoms with Gasteiger partial charge in [0.25, 0.3) is 11.5 Å². The molecule has 1 N–H and O–H groups in total. The quantitative estimate of drug-likeness (QED) is 0.469. The molecule has 2 aromatic heterocycles. The number of carbonyl (C=O) groups excluding carboxylic acids is 1. The Hall–Kier alpha value is -3.88. The molecule has 0 saturated heterocycles. The van der Waals surface area contributed by atoms with Gasteiger partial charge >= 0.3 is 0 Å². The number of benzene rings is 1. The van der Waals surface area contributed by atoms with Gasteiger partial charge in [-0.25, -0.2) is 0 Å². The summed E-state index contributed by atoms with van der Waals surface area (Å²) in [5.74, 6) is 0.401. The predicted molar refractivity (Wildman–Crippen MR) is 139 cm³/mol. The summed E-state index contributed by atoms with van der Waals surface area (Å²) < 4.78 is 13.8. The first-order valence-corrected chi connectivity index (χ1v) is 11.8. The van der Waals surface area contributed by atoms with Crippen molar-refractivity contribution in [2.24, 2.45) is 0 Å². The van der Waals surface area contributed by atoms with Crippen molar-refractivity contribution in [3.8, 4) is 5.75 Å². The van der Waals surface area contributed by atoms with E-state index in [1.54, 1.807) is 60.1 Å². The van der Waals surface area contributed by atoms with Crippen LogP contribution < -0.4 is 15.6 Å². The molecule has 0 bridgehead atoms. The number of amides is 1. The zero-order valence-corrected chi connectivity index (χ0v) is 20.9. The third-order valence-electron chi connectivity index (χ3n) is 5.67. The molecule has 0 fully saturated rings. The van der Waals surface area contributed by atoms with Crippen molar-refractivity contribution in [2.75, 3.05) is 14.2 Å². The highest BCUT2D eigenvalue weighted by Gasteiger charge is 2.17. The molecule has 3 aromatic rings. The number of hydrogen-bond acceptors (Lipinski definition) is 5. The summed E-state index contributed by atoms with van der Waals surface area (Å²) in [6.45, 7) is 0.962. The number of rotatable bonds is 9. The molecule has 36 heavy (non-hydrogen) atoms. The minimum Gasteiger partial charge on any atom is -0.497 e. The van der Waals surface area contributed by atoms with Crippen molar-refractivity contribution in [2.45, 2.75) is 26.1 Å². The van der Waals surface area contributed by atoms with Gasteiger partial charge in [-0.15, -0.1) is 0 Å². The van der Waals surface area contributed by atoms with Crippen molar-refractivity contribution in [3.63, 3.8) is 0 Å². The summed E-state index contributed by atoms with van der Waals surface area (Å²) in [4.78, 5) is 24.9. The van der Waals surface area contributed by atoms with E-state index in [-0.39, 0.29) is 24.6 Å². The Morgan fingerprint density at radius 2 is 2.08 bits per heavy atom. The Balaban J connectivity index is 1.44. The van der Waals surface area contributed by atoms with Gasteiger partial charge in [0, 0.05) is 43.3 Å². The number of nitrogens with zero attached hydrogens (tertiary/aromatic N) is 3. The predicted octanol–water partition coefficient (Wildman–Crippen LogP) is 4.21. The first-order valence-electron chi connectivity index (χ1n) is 11.4. The van der Waals surface area contributed by atoms with Crippen LogP contribution in [0.3, 0.4) is 0 Å². The monoisotopic (exact) mass is 506 g/mol. The Kier molecular flexibility index (Phi) is 8.20. The van der Waals surface area contributed by atoms with Gasteiger partial charge in [0.05, 0.1) is 25.8 Å². The van der Waals surface area contributed by atoms with Crippen LogP contribution in [-0.4, -0.2) is 34.5 Å². The molecule has 4 rings (SSSR count). The molecule has 0 saturated carbocycles. The topological polar surface area (TPSA) is 87.4 Å². The lowest BCUT2D eigenvalue weighted by Gasteiger charge is -2.10. The summed E-state index contributed by atoms with van der Waals surface area (Å²) in [7, 11) is 3.14. The Labute approximate surface area is 214 Å². The standard InChI is InChI=1S/C27H27ClN4O4/c1-35-18-25-23(27(34)29-14-21-13-22(36-2)10-11-24(21)28)17-32(30-25)16-20-8-6-19(7-9-20)15-31-12-4-3-5-26(31)33/h3-6,8-13,15,17H,7,14,16,18H2,1-2H3,(H,29,34). The van der Waals surface area contributed by atoms with Gasteiger partial charge in [-0.1, -0.05) is 35.9 Å². The van der Waals surface area contributed by atoms with Crippen molar-refractivity contribution in [1.29, 1.82) is 0 Å². The average molecular weight is 507 g/mol. The van der Waals surface area contributed by atoms with Gasteiger partial charge in [-0.3, -0.25) is 18.8 Å². The van der Waals surface area contributed by atoms with Gasteiger partial charge in [0.15, 0.2) is 0 Å². The highest BCUT2D eigenvalue weighted by Crippen LogP contribution is 2.22. The lowest BCUT2D eigenvalue weighted by molar-refractivity contribution is 0.0946. The maximum absolute atomic E-state index is 13.0. The molecule has 186 valence electrons. The molecular weight excluding hydrogens is 480 g/mol. The van der Waals surface area contributed by atoms with Gasteiger partial charge in [0.1, 0.15) is 11.4 Å². The van der Waals surface area contributed by atoms with Gasteiger partial charge < -0.3 is 14.8 Å². The third-order valence-corrected chi connectivity index (χ3v) is 6.04. The molecule has 8 nitrogen and oxygen atoms in total. The summed E-state index contributed by atoms with van der Waals surface area (Å²) in [5, 5.41) is 8.02. The Bertz CT molecular complexity index is 1400. The van der Waals surface area contributed by atoms with Gasteiger partial charge in [-0.05, 0) is 47.4 Å². The number of aromatic nitrogens is 3. The normalized spacial score (nSPS) is 14.1. The van der Waals surface area contributed by atoms with Crippen LogP contribution in [0.4, 0.5) is 0 Å². The lowest BCUT2D eigenvalue weighted by atomic mass is 10.0. The summed E-state index contributed by atoms with van der Waals surface area (Å²) in [6.07, 6.45) is 12.0. The van der Waals surface area contributed by atoms with E-state index in [4.69, 9.17) is 21.1 Å². The lowest BCUT2D eigenvalue weighted by Crippen LogP contribution is -2.23. The smallest absolute Gasteiger partial charge is 0.255 e. The fourth-order valence-corrected chi connectivity index (χ4v) is 3.97. The van der Waals surface area contributed by atoms with Crippen LogP contribution in [0.2, 0.25) is 5.02 Å². The number of methoxy groups -OCH3 is 2. The van der Waals surface area contributed by atoms with Crippen LogP contribution >= 0.6 is 11.6 Å². The highest BCUT2D eigenvalue weighted by atomic mass is 35.5. The number of carbonyl (C=O) groups is 1. The van der Waals surface area contributed by atoms with E-state index in [0.717, 1.165) is 16.7 Å². The van der Waals surface area contributed by atoms with Crippen LogP contribution in [0.5, 0.6) is 5.75 Å². The molecule has 1 aromatic carbocycles. The molecule has 1 aliphatic rings. The largest absolute Gasteiger partial charge is 0.497 e. The minimum absolute atomic E-state index is 0.0742. The maximum atomic E-state index is 13.0. The molecule has 1 aliphatic carbocycles. The van der Waals surface area contributed by atoms with Crippen LogP contribution in [0.1, 0.15) is 28.0 Å². The van der Waals surface area contributed by atoms with Crippen LogP contribution in [0.25, 0.3) is 6.20 Å². The zero-order valence-electron chi connectivity index (χ0n) is 20.1. The second-order valence-corrected chi connectivity index (χ2v) is 8.63. The van der Waals surface area contributed by atoms with Crippen molar-refractivity contribution >= 4 is 23.7 Å². The third kappa shape index (κ3) is 6.21. The molecule has 0 atom stereocenters. The molecule has 0 unspecified atom stereocenters. The number of hydrogen-bond donors (Lipinski definition) is 1. The molecule has 1 amide bonds. The first-order chi connectivity index (χ1) is 17.5. The van der Waals surface area contributed by atoms with Crippen molar-refractivity contribution < 1.29 is 14.3 Å². The number of halogens is 1. The van der Waals surface area contributed by atoms with Crippen LogP contribution in [0, 0.1) is 0 Å². The molecule has 9 heteroatoms. The van der Waals surface area contributed by atoms with E-state index in [1.165, 1.54) is 6.07 Å². The van der Waals surface area contributed by atoms with Crippen LogP contribution in [-0.2, 0) is 24.4 Å². The van der Waals surface area contributed by atoms with E-state index < -0.39 is 0 Å². The van der Waals surface area contributed by atoms with Crippen molar-refractivity contribution in [1.82, 2.24) is 19.7 Å². The number of ether oxygens (including phenoxy) is 2. The molecule has 2 heterocycles. The zero-order chi connectivity index (χ0) is 25.5. The second kappa shape index (κ2) is 11.7. The molecule has 0 radical (unpaired) electrons. The van der Waals surface area contributed by atoms with Gasteiger partial charge in [-0.2, -0.15) is 5.10 Å². The fourth-order valence-electron chi connectivity index (χ4n) is 3.78. The summed E-state index contributed by atoms with van der Waals surface area (Å²) >= 11 is 6.26. The van der Waals surface area contributed by atoms with Gasteiger partial charge in [0.2, 0.25) is 0 Å². The van der Waals surface area contributed by atoms with E-state index in [0.29, 0.717) is 35.0 Å². The Morgan fingerprint density at radius 1 is 1.22 bits per heavy atom. The maximum Gasteiger partial charge on any atom is 0.255 e. The Morgan fingerprint density at radius 3 is 2.81 bits per heavy atom. The first kappa shape index (κ1) is 25.2. The number of nitrogens with one attached hydrogen (secondary N) is 1. The van der Waals surface area contributed by atoms with E-state index in [1.807, 2.05) is 24.4 Å². The second-order valence-electron chi connectivity index (χ2n) is 8.23. The minimum atomic E-state index is -0.265. The molecular formula is C27H27ClN4O4.